The zero-order valence-corrected chi connectivity index (χ0v) is 21.1. The average molecular weight is 509 g/mol. The summed E-state index contributed by atoms with van der Waals surface area (Å²) in [6, 6.07) is 5.86. The van der Waals surface area contributed by atoms with Crippen molar-refractivity contribution < 1.29 is 23.1 Å². The van der Waals surface area contributed by atoms with Gasteiger partial charge in [-0.15, -0.1) is 0 Å². The zero-order chi connectivity index (χ0) is 26.5. The van der Waals surface area contributed by atoms with Crippen LogP contribution in [0, 0.1) is 5.41 Å². The van der Waals surface area contributed by atoms with Crippen LogP contribution >= 0.6 is 0 Å². The zero-order valence-electron chi connectivity index (χ0n) is 21.1. The number of nitrogens with one attached hydrogen (secondary N) is 2. The molecule has 5 N–H and O–H groups in total. The number of likely N-dealkylation sites (N-methyl/N-ethyl adjacent to an activating group) is 1. The maximum absolute atomic E-state index is 13.1. The van der Waals surface area contributed by atoms with Crippen LogP contribution in [-0.2, 0) is 5.60 Å². The number of likely N-dealkylation sites (tertiary alicyclic amines) is 1. The third-order valence-electron chi connectivity index (χ3n) is 7.53. The van der Waals surface area contributed by atoms with Crippen LogP contribution in [0.4, 0.5) is 24.7 Å². The van der Waals surface area contributed by atoms with Crippen LogP contribution in [-0.4, -0.2) is 64.1 Å². The molecule has 36 heavy (non-hydrogen) atoms. The van der Waals surface area contributed by atoms with Crippen LogP contribution in [0.1, 0.15) is 62.0 Å². The number of primary amides is 1. The molecule has 8 nitrogen and oxygen atoms in total. The summed E-state index contributed by atoms with van der Waals surface area (Å²) in [4.78, 5) is 14.7. The van der Waals surface area contributed by atoms with Gasteiger partial charge < -0.3 is 21.5 Å². The van der Waals surface area contributed by atoms with Gasteiger partial charge in [0.05, 0.1) is 6.04 Å². The standard InChI is InChI=1S/C25H35F3N6O2/c1-23(2)13-33(14-23)17-9-10-20(19(11-17)30-4)34-12-18(21(29)35)22(32-34)31-16-7-5-15(6-8-16)24(3,36)25(26,27)28/h5-8,12,17,19-20,30,36H,9-11,13-14H2,1-4H3,(H2,29,35)(H,31,32)/t17-,19+,20+,24+/m1/s1. The van der Waals surface area contributed by atoms with Crippen LogP contribution in [0.5, 0.6) is 0 Å². The van der Waals surface area contributed by atoms with Crippen molar-refractivity contribution in [3.63, 3.8) is 0 Å². The Bertz CT molecular complexity index is 1090. The summed E-state index contributed by atoms with van der Waals surface area (Å²) in [5, 5.41) is 20.9. The molecule has 1 amide bonds. The molecule has 1 aliphatic heterocycles. The van der Waals surface area contributed by atoms with Crippen molar-refractivity contribution in [2.45, 2.75) is 69.9 Å². The third-order valence-corrected chi connectivity index (χ3v) is 7.53. The van der Waals surface area contributed by atoms with Gasteiger partial charge in [0.1, 0.15) is 5.56 Å². The van der Waals surface area contributed by atoms with E-state index in [4.69, 9.17) is 5.73 Å². The Balaban J connectivity index is 1.51. The Hall–Kier alpha value is -2.63. The van der Waals surface area contributed by atoms with Crippen LogP contribution in [0.3, 0.4) is 0 Å². The maximum Gasteiger partial charge on any atom is 0.421 e. The Morgan fingerprint density at radius 3 is 2.36 bits per heavy atom. The van der Waals surface area contributed by atoms with E-state index in [1.807, 2.05) is 7.05 Å². The molecule has 0 unspecified atom stereocenters. The minimum atomic E-state index is -4.81. The number of halogens is 3. The number of rotatable bonds is 7. The van der Waals surface area contributed by atoms with Crippen molar-refractivity contribution in [3.8, 4) is 0 Å². The quantitative estimate of drug-likeness (QED) is 0.456. The fourth-order valence-corrected chi connectivity index (χ4v) is 5.42. The highest BCUT2D eigenvalue weighted by Gasteiger charge is 2.51. The number of aromatic nitrogens is 2. The minimum absolute atomic E-state index is 0.0263. The number of hydrogen-bond acceptors (Lipinski definition) is 6. The molecular weight excluding hydrogens is 473 g/mol. The molecule has 1 aromatic heterocycles. The minimum Gasteiger partial charge on any atom is -0.376 e. The second-order valence-corrected chi connectivity index (χ2v) is 11.0. The normalized spacial score (nSPS) is 26.2. The lowest BCUT2D eigenvalue weighted by Gasteiger charge is -2.52. The van der Waals surface area contributed by atoms with Crippen molar-refractivity contribution in [1.29, 1.82) is 0 Å². The number of carbonyl (C=O) groups is 1. The summed E-state index contributed by atoms with van der Waals surface area (Å²) in [6.07, 6.45) is -0.307. The van der Waals surface area contributed by atoms with Crippen LogP contribution in [0.2, 0.25) is 0 Å². The SMILES string of the molecule is CN[C@H]1C[C@H](N2CC(C)(C)C2)CC[C@@H]1n1cc(C(N)=O)c(Nc2ccc([C@](C)(O)C(F)(F)F)cc2)n1. The van der Waals surface area contributed by atoms with E-state index in [0.717, 1.165) is 32.4 Å². The lowest BCUT2D eigenvalue weighted by Crippen LogP contribution is -2.59. The molecule has 2 fully saturated rings. The third kappa shape index (κ3) is 5.09. The Kier molecular flexibility index (Phi) is 6.87. The van der Waals surface area contributed by atoms with Crippen molar-refractivity contribution in [2.24, 2.45) is 11.1 Å². The molecule has 0 radical (unpaired) electrons. The molecule has 11 heteroatoms. The van der Waals surface area contributed by atoms with E-state index in [2.05, 4.69) is 34.5 Å². The van der Waals surface area contributed by atoms with E-state index in [-0.39, 0.29) is 29.0 Å². The number of amides is 1. The van der Waals surface area contributed by atoms with Crippen molar-refractivity contribution >= 4 is 17.4 Å². The summed E-state index contributed by atoms with van der Waals surface area (Å²) in [7, 11) is 1.93. The van der Waals surface area contributed by atoms with Gasteiger partial charge in [-0.3, -0.25) is 14.4 Å². The fraction of sp³-hybridized carbons (Fsp3) is 0.600. The molecule has 1 aliphatic carbocycles. The smallest absolute Gasteiger partial charge is 0.376 e. The summed E-state index contributed by atoms with van der Waals surface area (Å²) in [6.45, 7) is 7.45. The first-order valence-electron chi connectivity index (χ1n) is 12.2. The molecule has 0 spiro atoms. The highest BCUT2D eigenvalue weighted by Crippen LogP contribution is 2.40. The lowest BCUT2D eigenvalue weighted by molar-refractivity contribution is -0.258. The predicted molar refractivity (Wildman–Crippen MR) is 131 cm³/mol. The highest BCUT2D eigenvalue weighted by atomic mass is 19.4. The number of nitrogens with two attached hydrogens (primary N) is 1. The van der Waals surface area contributed by atoms with Gasteiger partial charge in [0.15, 0.2) is 11.4 Å². The topological polar surface area (TPSA) is 108 Å². The second-order valence-electron chi connectivity index (χ2n) is 11.0. The largest absolute Gasteiger partial charge is 0.421 e. The molecule has 2 aliphatic rings. The fourth-order valence-electron chi connectivity index (χ4n) is 5.42. The van der Waals surface area contributed by atoms with Gasteiger partial charge >= 0.3 is 6.18 Å². The lowest BCUT2D eigenvalue weighted by atomic mass is 9.78. The molecule has 1 aromatic carbocycles. The molecule has 1 saturated carbocycles. The van der Waals surface area contributed by atoms with Gasteiger partial charge in [-0.1, -0.05) is 26.0 Å². The van der Waals surface area contributed by atoms with Gasteiger partial charge in [-0.25, -0.2) is 0 Å². The average Bonchev–Trinajstić information content (AvgIpc) is 3.20. The van der Waals surface area contributed by atoms with Crippen molar-refractivity contribution in [3.05, 3.63) is 41.6 Å². The van der Waals surface area contributed by atoms with Crippen molar-refractivity contribution in [2.75, 3.05) is 25.5 Å². The molecular formula is C25H35F3N6O2. The van der Waals surface area contributed by atoms with E-state index in [0.29, 0.717) is 24.1 Å². The first kappa shape index (κ1) is 26.4. The molecule has 2 aromatic rings. The summed E-state index contributed by atoms with van der Waals surface area (Å²) >= 11 is 0. The Morgan fingerprint density at radius 2 is 1.83 bits per heavy atom. The number of hydrogen-bond donors (Lipinski definition) is 4. The molecule has 4 atom stereocenters. The van der Waals surface area contributed by atoms with Gasteiger partial charge in [-0.2, -0.15) is 18.3 Å². The monoisotopic (exact) mass is 508 g/mol. The number of carbonyl (C=O) groups excluding carboxylic acids is 1. The molecule has 1 saturated heterocycles. The van der Waals surface area contributed by atoms with E-state index in [1.54, 1.807) is 10.9 Å². The van der Waals surface area contributed by atoms with Gasteiger partial charge in [-0.05, 0) is 56.3 Å². The predicted octanol–water partition coefficient (Wildman–Crippen LogP) is 3.52. The molecule has 198 valence electrons. The first-order chi connectivity index (χ1) is 16.7. The molecule has 4 rings (SSSR count). The summed E-state index contributed by atoms with van der Waals surface area (Å²) < 4.78 is 41.2. The van der Waals surface area contributed by atoms with Gasteiger partial charge in [0, 0.05) is 37.1 Å². The van der Waals surface area contributed by atoms with E-state index >= 15 is 0 Å². The number of nitrogens with zero attached hydrogens (tertiary/aromatic N) is 3. The Labute approximate surface area is 209 Å². The summed E-state index contributed by atoms with van der Waals surface area (Å²) in [5.41, 5.74) is 3.32. The van der Waals surface area contributed by atoms with Crippen LogP contribution in [0.15, 0.2) is 30.5 Å². The number of alkyl halides is 3. The van der Waals surface area contributed by atoms with Crippen LogP contribution < -0.4 is 16.4 Å². The highest BCUT2D eigenvalue weighted by molar-refractivity contribution is 5.98. The van der Waals surface area contributed by atoms with Crippen molar-refractivity contribution in [1.82, 2.24) is 20.0 Å². The molecule has 2 heterocycles. The second kappa shape index (κ2) is 9.35. The number of anilines is 2. The first-order valence-corrected chi connectivity index (χ1v) is 12.2. The maximum atomic E-state index is 13.1. The number of aliphatic hydroxyl groups is 1. The number of benzene rings is 1. The molecule has 0 bridgehead atoms. The van der Waals surface area contributed by atoms with Gasteiger partial charge in [0.2, 0.25) is 0 Å². The van der Waals surface area contributed by atoms with Crippen LogP contribution in [0.25, 0.3) is 0 Å². The van der Waals surface area contributed by atoms with Gasteiger partial charge in [0.25, 0.3) is 5.91 Å². The Morgan fingerprint density at radius 1 is 1.19 bits per heavy atom. The van der Waals surface area contributed by atoms with E-state index in [1.165, 1.54) is 24.3 Å². The van der Waals surface area contributed by atoms with E-state index < -0.39 is 17.7 Å². The summed E-state index contributed by atoms with van der Waals surface area (Å²) in [5.74, 6) is -0.419. The van der Waals surface area contributed by atoms with E-state index in [9.17, 15) is 23.1 Å².